The molecule has 0 aromatic carbocycles. The summed E-state index contributed by atoms with van der Waals surface area (Å²) in [6.45, 7) is 4.45. The van der Waals surface area contributed by atoms with Gasteiger partial charge in [-0.05, 0) is 30.4 Å². The third kappa shape index (κ3) is 3.95. The number of nitrogen functional groups attached to an aromatic ring is 1. The van der Waals surface area contributed by atoms with E-state index in [0.717, 1.165) is 45.6 Å². The van der Waals surface area contributed by atoms with Gasteiger partial charge >= 0.3 is 6.09 Å². The zero-order chi connectivity index (χ0) is 18.0. The zero-order valence-electron chi connectivity index (χ0n) is 15.5. The quantitative estimate of drug-likeness (QED) is 0.896. The predicted molar refractivity (Wildman–Crippen MR) is 101 cm³/mol. The molecular formula is C20H30N4O2. The fourth-order valence-corrected chi connectivity index (χ4v) is 4.68. The Morgan fingerprint density at radius 3 is 2.65 bits per heavy atom. The molecule has 0 unspecified atom stereocenters. The van der Waals surface area contributed by atoms with Crippen molar-refractivity contribution in [2.24, 2.45) is 5.92 Å². The molecule has 142 valence electrons. The second kappa shape index (κ2) is 7.43. The molecule has 1 aromatic heterocycles. The fourth-order valence-electron chi connectivity index (χ4n) is 4.68. The molecule has 6 nitrogen and oxygen atoms in total. The van der Waals surface area contributed by atoms with Crippen molar-refractivity contribution in [3.05, 3.63) is 23.9 Å². The van der Waals surface area contributed by atoms with E-state index in [1.807, 2.05) is 23.2 Å². The SMILES string of the molecule is Nc1ccc(CN2CCC3(CC2)CN(CC2CCCCC2)C(=O)O3)cn1. The van der Waals surface area contributed by atoms with Crippen molar-refractivity contribution in [1.82, 2.24) is 14.8 Å². The van der Waals surface area contributed by atoms with Gasteiger partial charge in [-0.3, -0.25) is 4.90 Å². The molecule has 1 spiro atoms. The maximum Gasteiger partial charge on any atom is 0.410 e. The van der Waals surface area contributed by atoms with Crippen LogP contribution in [0.4, 0.5) is 10.6 Å². The number of likely N-dealkylation sites (tertiary alicyclic amines) is 1. The number of carbonyl (C=O) groups is 1. The Hall–Kier alpha value is -1.82. The number of anilines is 1. The van der Waals surface area contributed by atoms with Crippen molar-refractivity contribution in [3.63, 3.8) is 0 Å². The highest BCUT2D eigenvalue weighted by Crippen LogP contribution is 2.35. The van der Waals surface area contributed by atoms with Gasteiger partial charge in [0.1, 0.15) is 11.4 Å². The highest BCUT2D eigenvalue weighted by atomic mass is 16.6. The van der Waals surface area contributed by atoms with E-state index in [0.29, 0.717) is 11.7 Å². The van der Waals surface area contributed by atoms with Crippen LogP contribution in [-0.4, -0.2) is 52.7 Å². The van der Waals surface area contributed by atoms with E-state index in [2.05, 4.69) is 9.88 Å². The second-order valence-corrected chi connectivity index (χ2v) is 8.30. The summed E-state index contributed by atoms with van der Waals surface area (Å²) in [5, 5.41) is 0. The monoisotopic (exact) mass is 358 g/mol. The summed E-state index contributed by atoms with van der Waals surface area (Å²) in [7, 11) is 0. The van der Waals surface area contributed by atoms with Crippen LogP contribution in [-0.2, 0) is 11.3 Å². The third-order valence-electron chi connectivity index (χ3n) is 6.27. The van der Waals surface area contributed by atoms with Crippen molar-refractivity contribution in [2.75, 3.05) is 31.9 Å². The van der Waals surface area contributed by atoms with Crippen LogP contribution in [0.5, 0.6) is 0 Å². The largest absolute Gasteiger partial charge is 0.441 e. The number of carbonyl (C=O) groups excluding carboxylic acids is 1. The summed E-state index contributed by atoms with van der Waals surface area (Å²) >= 11 is 0. The third-order valence-corrected chi connectivity index (χ3v) is 6.27. The molecular weight excluding hydrogens is 328 g/mol. The van der Waals surface area contributed by atoms with E-state index in [4.69, 9.17) is 10.5 Å². The van der Waals surface area contributed by atoms with Crippen LogP contribution in [0.3, 0.4) is 0 Å². The molecule has 3 aliphatic rings. The lowest BCUT2D eigenvalue weighted by Gasteiger charge is -2.37. The molecule has 2 N–H and O–H groups in total. The second-order valence-electron chi connectivity index (χ2n) is 8.30. The summed E-state index contributed by atoms with van der Waals surface area (Å²) in [6, 6.07) is 3.89. The molecule has 26 heavy (non-hydrogen) atoms. The van der Waals surface area contributed by atoms with Crippen molar-refractivity contribution < 1.29 is 9.53 Å². The number of nitrogens with two attached hydrogens (primary N) is 1. The molecule has 1 amide bonds. The molecule has 0 atom stereocenters. The highest BCUT2D eigenvalue weighted by Gasteiger charge is 2.47. The minimum Gasteiger partial charge on any atom is -0.441 e. The Morgan fingerprint density at radius 1 is 1.19 bits per heavy atom. The first-order chi connectivity index (χ1) is 12.6. The van der Waals surface area contributed by atoms with Gasteiger partial charge in [0, 0.05) is 45.2 Å². The summed E-state index contributed by atoms with van der Waals surface area (Å²) in [6.07, 6.45) is 10.1. The standard InChI is InChI=1S/C20H30N4O2/c21-18-7-6-17(12-22-18)13-23-10-8-20(9-11-23)15-24(19(25)26-20)14-16-4-2-1-3-5-16/h6-7,12,16H,1-5,8-11,13-15H2,(H2,21,22). The van der Waals surface area contributed by atoms with Crippen LogP contribution >= 0.6 is 0 Å². The maximum atomic E-state index is 12.4. The Morgan fingerprint density at radius 2 is 1.96 bits per heavy atom. The Balaban J connectivity index is 1.29. The van der Waals surface area contributed by atoms with Crippen LogP contribution in [0.25, 0.3) is 0 Å². The van der Waals surface area contributed by atoms with Gasteiger partial charge in [0.05, 0.1) is 6.54 Å². The van der Waals surface area contributed by atoms with Crippen molar-refractivity contribution in [3.8, 4) is 0 Å². The number of ether oxygens (including phenoxy) is 1. The molecule has 0 radical (unpaired) electrons. The van der Waals surface area contributed by atoms with Gasteiger partial charge in [-0.25, -0.2) is 9.78 Å². The molecule has 1 saturated carbocycles. The zero-order valence-corrected chi connectivity index (χ0v) is 15.5. The van der Waals surface area contributed by atoms with Gasteiger partial charge in [0.25, 0.3) is 0 Å². The van der Waals surface area contributed by atoms with E-state index in [9.17, 15) is 4.79 Å². The summed E-state index contributed by atoms with van der Waals surface area (Å²) in [4.78, 5) is 21.0. The predicted octanol–water partition coefficient (Wildman–Crippen LogP) is 3.03. The summed E-state index contributed by atoms with van der Waals surface area (Å²) in [5.41, 5.74) is 6.57. The average Bonchev–Trinajstić information content (AvgIpc) is 2.95. The van der Waals surface area contributed by atoms with Crippen molar-refractivity contribution >= 4 is 11.9 Å². The lowest BCUT2D eigenvalue weighted by molar-refractivity contribution is -0.00128. The first-order valence-electron chi connectivity index (χ1n) is 10.0. The Kier molecular flexibility index (Phi) is 5.02. The maximum absolute atomic E-state index is 12.4. The number of piperidine rings is 1. The average molecular weight is 358 g/mol. The Labute approximate surface area is 155 Å². The van der Waals surface area contributed by atoms with Gasteiger partial charge < -0.3 is 15.4 Å². The number of hydrogen-bond acceptors (Lipinski definition) is 5. The molecule has 2 aliphatic heterocycles. The molecule has 4 rings (SSSR count). The smallest absolute Gasteiger partial charge is 0.410 e. The van der Waals surface area contributed by atoms with Gasteiger partial charge in [-0.1, -0.05) is 25.3 Å². The molecule has 3 fully saturated rings. The molecule has 2 saturated heterocycles. The van der Waals surface area contributed by atoms with Crippen LogP contribution in [0.2, 0.25) is 0 Å². The van der Waals surface area contributed by atoms with E-state index in [1.165, 1.54) is 37.7 Å². The van der Waals surface area contributed by atoms with E-state index >= 15 is 0 Å². The lowest BCUT2D eigenvalue weighted by Crippen LogP contribution is -2.46. The summed E-state index contributed by atoms with van der Waals surface area (Å²) < 4.78 is 5.89. The molecule has 0 bridgehead atoms. The highest BCUT2D eigenvalue weighted by molar-refractivity contribution is 5.70. The van der Waals surface area contributed by atoms with Crippen molar-refractivity contribution in [2.45, 2.75) is 57.1 Å². The molecule has 1 aromatic rings. The number of rotatable bonds is 4. The first kappa shape index (κ1) is 17.6. The van der Waals surface area contributed by atoms with Gasteiger partial charge in [0.2, 0.25) is 0 Å². The van der Waals surface area contributed by atoms with E-state index in [1.54, 1.807) is 0 Å². The lowest BCUT2D eigenvalue weighted by atomic mass is 9.88. The number of aromatic nitrogens is 1. The molecule has 1 aliphatic carbocycles. The minimum absolute atomic E-state index is 0.0910. The minimum atomic E-state index is -0.262. The normalized spacial score (nSPS) is 24.2. The van der Waals surface area contributed by atoms with E-state index < -0.39 is 0 Å². The number of hydrogen-bond donors (Lipinski definition) is 1. The topological polar surface area (TPSA) is 71.7 Å². The van der Waals surface area contributed by atoms with Crippen LogP contribution in [0.15, 0.2) is 18.3 Å². The fraction of sp³-hybridized carbons (Fsp3) is 0.700. The van der Waals surface area contributed by atoms with Crippen LogP contribution < -0.4 is 5.73 Å². The molecule has 3 heterocycles. The molecule has 6 heteroatoms. The number of pyridine rings is 1. The van der Waals surface area contributed by atoms with Crippen molar-refractivity contribution in [1.29, 1.82) is 0 Å². The summed E-state index contributed by atoms with van der Waals surface area (Å²) in [5.74, 6) is 1.23. The van der Waals surface area contributed by atoms with Crippen LogP contribution in [0, 0.1) is 5.92 Å². The van der Waals surface area contributed by atoms with E-state index in [-0.39, 0.29) is 11.7 Å². The van der Waals surface area contributed by atoms with Gasteiger partial charge in [0.15, 0.2) is 0 Å². The van der Waals surface area contributed by atoms with Gasteiger partial charge in [-0.2, -0.15) is 0 Å². The Bertz CT molecular complexity index is 619. The number of amides is 1. The number of nitrogens with zero attached hydrogens (tertiary/aromatic N) is 3. The van der Waals surface area contributed by atoms with Crippen LogP contribution in [0.1, 0.15) is 50.5 Å². The van der Waals surface area contributed by atoms with Gasteiger partial charge in [-0.15, -0.1) is 0 Å². The first-order valence-corrected chi connectivity index (χ1v) is 10.0.